The molecule has 2 rings (SSSR count). The lowest BCUT2D eigenvalue weighted by Gasteiger charge is -2.37. The van der Waals surface area contributed by atoms with Gasteiger partial charge in [-0.15, -0.1) is 0 Å². The molecular formula is C15H26ClN3O. The molecule has 1 aliphatic carbocycles. The summed E-state index contributed by atoms with van der Waals surface area (Å²) in [5.41, 5.74) is 0.935. The lowest BCUT2D eigenvalue weighted by atomic mass is 9.89. The fourth-order valence-corrected chi connectivity index (χ4v) is 3.73. The van der Waals surface area contributed by atoms with Gasteiger partial charge in [-0.25, -0.2) is 0 Å². The van der Waals surface area contributed by atoms with Crippen LogP contribution in [0.15, 0.2) is 6.20 Å². The topological polar surface area (TPSA) is 39.1 Å². The van der Waals surface area contributed by atoms with Gasteiger partial charge in [0.05, 0.1) is 28.6 Å². The number of likely N-dealkylation sites (N-methyl/N-ethyl adjacent to an activating group) is 1. The van der Waals surface area contributed by atoms with Gasteiger partial charge in [-0.1, -0.05) is 31.4 Å². The van der Waals surface area contributed by atoms with Crippen molar-refractivity contribution in [1.29, 1.82) is 0 Å². The van der Waals surface area contributed by atoms with Crippen LogP contribution in [-0.2, 0) is 11.3 Å². The van der Waals surface area contributed by atoms with Crippen molar-refractivity contribution in [3.05, 3.63) is 16.9 Å². The first kappa shape index (κ1) is 15.8. The molecule has 0 saturated heterocycles. The molecule has 1 saturated carbocycles. The predicted octanol–water partition coefficient (Wildman–Crippen LogP) is 3.56. The highest BCUT2D eigenvalue weighted by Crippen LogP contribution is 2.44. The van der Waals surface area contributed by atoms with Crippen molar-refractivity contribution in [2.75, 3.05) is 13.7 Å². The molecule has 1 heterocycles. The highest BCUT2D eigenvalue weighted by molar-refractivity contribution is 6.31. The molecular weight excluding hydrogens is 274 g/mol. The van der Waals surface area contributed by atoms with Crippen molar-refractivity contribution in [2.24, 2.45) is 0 Å². The SMILES string of the molecule is CCCn1ncc(Cl)c1C(NC)C1(OCC)CCCC1. The molecule has 114 valence electrons. The number of ether oxygens (including phenoxy) is 1. The molecule has 5 heteroatoms. The fourth-order valence-electron chi connectivity index (χ4n) is 3.48. The summed E-state index contributed by atoms with van der Waals surface area (Å²) in [4.78, 5) is 0. The maximum absolute atomic E-state index is 6.42. The van der Waals surface area contributed by atoms with Gasteiger partial charge in [-0.05, 0) is 33.2 Å². The monoisotopic (exact) mass is 299 g/mol. The smallest absolute Gasteiger partial charge is 0.0891 e. The van der Waals surface area contributed by atoms with Crippen LogP contribution in [0, 0.1) is 0 Å². The van der Waals surface area contributed by atoms with Crippen LogP contribution in [0.3, 0.4) is 0 Å². The number of nitrogens with one attached hydrogen (secondary N) is 1. The second-order valence-electron chi connectivity index (χ2n) is 5.53. The van der Waals surface area contributed by atoms with Crippen molar-refractivity contribution >= 4 is 11.6 Å². The van der Waals surface area contributed by atoms with E-state index in [0.717, 1.165) is 43.1 Å². The highest BCUT2D eigenvalue weighted by atomic mass is 35.5. The summed E-state index contributed by atoms with van der Waals surface area (Å²) in [7, 11) is 1.99. The van der Waals surface area contributed by atoms with Crippen molar-refractivity contribution in [3.8, 4) is 0 Å². The summed E-state index contributed by atoms with van der Waals surface area (Å²) >= 11 is 6.42. The minimum atomic E-state index is -0.140. The molecule has 1 unspecified atom stereocenters. The van der Waals surface area contributed by atoms with E-state index in [0.29, 0.717) is 0 Å². The Hall–Kier alpha value is -0.580. The molecule has 0 bridgehead atoms. The number of hydrogen-bond donors (Lipinski definition) is 1. The van der Waals surface area contributed by atoms with Crippen molar-refractivity contribution in [2.45, 2.75) is 64.1 Å². The summed E-state index contributed by atoms with van der Waals surface area (Å²) in [5, 5.41) is 8.61. The van der Waals surface area contributed by atoms with Gasteiger partial charge in [-0.3, -0.25) is 4.68 Å². The van der Waals surface area contributed by atoms with E-state index >= 15 is 0 Å². The summed E-state index contributed by atoms with van der Waals surface area (Å²) < 4.78 is 8.22. The third-order valence-electron chi connectivity index (χ3n) is 4.24. The van der Waals surface area contributed by atoms with Crippen LogP contribution < -0.4 is 5.32 Å². The van der Waals surface area contributed by atoms with Gasteiger partial charge in [0.25, 0.3) is 0 Å². The van der Waals surface area contributed by atoms with Gasteiger partial charge >= 0.3 is 0 Å². The van der Waals surface area contributed by atoms with Crippen molar-refractivity contribution < 1.29 is 4.74 Å². The predicted molar refractivity (Wildman–Crippen MR) is 82.2 cm³/mol. The quantitative estimate of drug-likeness (QED) is 0.837. The molecule has 0 amide bonds. The molecule has 20 heavy (non-hydrogen) atoms. The van der Waals surface area contributed by atoms with Crippen LogP contribution in [0.2, 0.25) is 5.02 Å². The second kappa shape index (κ2) is 6.92. The van der Waals surface area contributed by atoms with E-state index in [2.05, 4.69) is 24.3 Å². The largest absolute Gasteiger partial charge is 0.373 e. The normalized spacial score (nSPS) is 19.4. The van der Waals surface area contributed by atoms with Gasteiger partial charge in [-0.2, -0.15) is 5.10 Å². The van der Waals surface area contributed by atoms with E-state index < -0.39 is 0 Å². The zero-order chi connectivity index (χ0) is 14.6. The number of aromatic nitrogens is 2. The number of hydrogen-bond acceptors (Lipinski definition) is 3. The van der Waals surface area contributed by atoms with Crippen molar-refractivity contribution in [1.82, 2.24) is 15.1 Å². The van der Waals surface area contributed by atoms with Crippen LogP contribution in [0.25, 0.3) is 0 Å². The third-order valence-corrected chi connectivity index (χ3v) is 4.53. The minimum Gasteiger partial charge on any atom is -0.373 e. The Labute approximate surface area is 126 Å². The number of nitrogens with zero attached hydrogens (tertiary/aromatic N) is 2. The molecule has 0 spiro atoms. The first-order chi connectivity index (χ1) is 9.68. The molecule has 1 atom stereocenters. The van der Waals surface area contributed by atoms with Crippen LogP contribution in [-0.4, -0.2) is 29.0 Å². The van der Waals surface area contributed by atoms with E-state index in [9.17, 15) is 0 Å². The Morgan fingerprint density at radius 1 is 1.45 bits per heavy atom. The van der Waals surface area contributed by atoms with Crippen molar-refractivity contribution in [3.63, 3.8) is 0 Å². The first-order valence-electron chi connectivity index (χ1n) is 7.71. The highest BCUT2D eigenvalue weighted by Gasteiger charge is 2.44. The maximum atomic E-state index is 6.42. The van der Waals surface area contributed by atoms with Gasteiger partial charge in [0.15, 0.2) is 0 Å². The van der Waals surface area contributed by atoms with Crippen LogP contribution >= 0.6 is 11.6 Å². The first-order valence-corrected chi connectivity index (χ1v) is 8.08. The van der Waals surface area contributed by atoms with Gasteiger partial charge < -0.3 is 10.1 Å². The third kappa shape index (κ3) is 2.87. The summed E-state index contributed by atoms with van der Waals surface area (Å²) in [6.45, 7) is 5.85. The molecule has 4 nitrogen and oxygen atoms in total. The number of aryl methyl sites for hydroxylation is 1. The summed E-state index contributed by atoms with van der Waals surface area (Å²) in [5.74, 6) is 0. The summed E-state index contributed by atoms with van der Waals surface area (Å²) in [6.07, 6.45) is 7.41. The molecule has 1 aromatic heterocycles. The van der Waals surface area contributed by atoms with E-state index in [-0.39, 0.29) is 11.6 Å². The Morgan fingerprint density at radius 2 is 2.15 bits per heavy atom. The summed E-state index contributed by atoms with van der Waals surface area (Å²) in [6, 6.07) is 0.103. The van der Waals surface area contributed by atoms with Crippen LogP contribution in [0.5, 0.6) is 0 Å². The Bertz CT molecular complexity index is 427. The molecule has 0 radical (unpaired) electrons. The van der Waals surface area contributed by atoms with Gasteiger partial charge in [0.1, 0.15) is 0 Å². The molecule has 1 N–H and O–H groups in total. The van der Waals surface area contributed by atoms with Crippen LogP contribution in [0.1, 0.15) is 57.7 Å². The average molecular weight is 300 g/mol. The second-order valence-corrected chi connectivity index (χ2v) is 5.93. The molecule has 0 aliphatic heterocycles. The molecule has 1 aliphatic rings. The lowest BCUT2D eigenvalue weighted by Crippen LogP contribution is -2.44. The average Bonchev–Trinajstić information content (AvgIpc) is 3.03. The Kier molecular flexibility index (Phi) is 5.47. The number of halogens is 1. The molecule has 1 fully saturated rings. The van der Waals surface area contributed by atoms with E-state index in [1.807, 2.05) is 11.7 Å². The van der Waals surface area contributed by atoms with Gasteiger partial charge in [0.2, 0.25) is 0 Å². The lowest BCUT2D eigenvalue weighted by molar-refractivity contribution is -0.0628. The van der Waals surface area contributed by atoms with Crippen LogP contribution in [0.4, 0.5) is 0 Å². The number of rotatable bonds is 7. The molecule has 0 aromatic carbocycles. The zero-order valence-corrected chi connectivity index (χ0v) is 13.5. The molecule has 1 aromatic rings. The fraction of sp³-hybridized carbons (Fsp3) is 0.800. The Morgan fingerprint density at radius 3 is 2.70 bits per heavy atom. The van der Waals surface area contributed by atoms with Gasteiger partial charge in [0, 0.05) is 13.2 Å². The van der Waals surface area contributed by atoms with E-state index in [1.54, 1.807) is 6.20 Å². The Balaban J connectivity index is 2.37. The standard InChI is InChI=1S/C15H26ClN3O/c1-4-10-19-13(12(16)11-18-19)14(17-3)15(20-5-2)8-6-7-9-15/h11,14,17H,4-10H2,1-3H3. The minimum absolute atomic E-state index is 0.103. The maximum Gasteiger partial charge on any atom is 0.0891 e. The zero-order valence-electron chi connectivity index (χ0n) is 12.8. The van der Waals surface area contributed by atoms with E-state index in [1.165, 1.54) is 12.8 Å². The van der Waals surface area contributed by atoms with E-state index in [4.69, 9.17) is 16.3 Å².